The molecule has 2 rings (SSSR count). The molecule has 0 amide bonds. The first-order valence-corrected chi connectivity index (χ1v) is 7.91. The third-order valence-electron chi connectivity index (χ3n) is 3.41. The van der Waals surface area contributed by atoms with E-state index in [1.54, 1.807) is 0 Å². The maximum absolute atomic E-state index is 12.3. The highest BCUT2D eigenvalue weighted by Gasteiger charge is 2.25. The van der Waals surface area contributed by atoms with Crippen molar-refractivity contribution < 1.29 is 13.3 Å². The minimum Gasteiger partial charge on any atom is -0.387 e. The molecule has 0 saturated heterocycles. The minimum atomic E-state index is -3.66. The number of non-ortho nitro benzene ring substituents is 1. The maximum Gasteiger partial charge on any atom is 0.271 e. The van der Waals surface area contributed by atoms with Crippen LogP contribution in [0.15, 0.2) is 23.1 Å². The Morgan fingerprint density at radius 3 is 2.50 bits per heavy atom. The molecule has 0 spiro atoms. The highest BCUT2D eigenvalue weighted by atomic mass is 32.2. The lowest BCUT2D eigenvalue weighted by Crippen LogP contribution is -2.33. The molecular formula is C12H17N3O4S. The third-order valence-corrected chi connectivity index (χ3v) is 4.99. The normalized spacial score (nSPS) is 16.2. The molecule has 0 atom stereocenters. The van der Waals surface area contributed by atoms with Crippen molar-refractivity contribution in [3.8, 4) is 0 Å². The molecule has 1 aromatic rings. The summed E-state index contributed by atoms with van der Waals surface area (Å²) in [5.74, 6) is 0. The fourth-order valence-electron chi connectivity index (χ4n) is 2.39. The van der Waals surface area contributed by atoms with Crippen molar-refractivity contribution in [1.29, 1.82) is 0 Å². The molecule has 20 heavy (non-hydrogen) atoms. The molecule has 8 heteroatoms. The fraction of sp³-hybridized carbons (Fsp3) is 0.500. The first kappa shape index (κ1) is 14.7. The van der Waals surface area contributed by atoms with Crippen LogP contribution in [-0.4, -0.2) is 26.4 Å². The molecule has 1 aliphatic rings. The zero-order valence-electron chi connectivity index (χ0n) is 11.1. The second-order valence-corrected chi connectivity index (χ2v) is 6.47. The minimum absolute atomic E-state index is 0.0394. The van der Waals surface area contributed by atoms with E-state index >= 15 is 0 Å². The summed E-state index contributed by atoms with van der Waals surface area (Å²) in [4.78, 5) is 10.2. The molecule has 1 fully saturated rings. The van der Waals surface area contributed by atoms with Crippen molar-refractivity contribution in [1.82, 2.24) is 4.72 Å². The summed E-state index contributed by atoms with van der Waals surface area (Å²) in [5, 5.41) is 13.4. The van der Waals surface area contributed by atoms with Crippen LogP contribution in [0, 0.1) is 10.1 Å². The van der Waals surface area contributed by atoms with Gasteiger partial charge in [0.15, 0.2) is 0 Å². The summed E-state index contributed by atoms with van der Waals surface area (Å²) in [5.41, 5.74) is 0.0823. The Hall–Kier alpha value is -1.67. The molecule has 110 valence electrons. The predicted octanol–water partition coefficient (Wildman–Crippen LogP) is 1.86. The summed E-state index contributed by atoms with van der Waals surface area (Å²) in [6, 6.07) is 3.65. The number of hydrogen-bond acceptors (Lipinski definition) is 5. The molecule has 0 unspecified atom stereocenters. The summed E-state index contributed by atoms with van der Waals surface area (Å²) in [7, 11) is -2.13. The molecule has 2 N–H and O–H groups in total. The number of anilines is 1. The van der Waals surface area contributed by atoms with Crippen LogP contribution >= 0.6 is 0 Å². The number of nitrogens with one attached hydrogen (secondary N) is 2. The number of hydrogen-bond donors (Lipinski definition) is 2. The number of nitro benzene ring substituents is 1. The van der Waals surface area contributed by atoms with Gasteiger partial charge in [-0.25, -0.2) is 13.1 Å². The Balaban J connectivity index is 2.32. The van der Waals surface area contributed by atoms with Crippen LogP contribution in [0.4, 0.5) is 11.4 Å². The van der Waals surface area contributed by atoms with Gasteiger partial charge in [-0.2, -0.15) is 0 Å². The van der Waals surface area contributed by atoms with Gasteiger partial charge in [0, 0.05) is 25.2 Å². The van der Waals surface area contributed by atoms with E-state index in [1.807, 2.05) is 0 Å². The van der Waals surface area contributed by atoms with E-state index in [0.717, 1.165) is 25.7 Å². The quantitative estimate of drug-likeness (QED) is 0.638. The lowest BCUT2D eigenvalue weighted by Gasteiger charge is -2.15. The Bertz CT molecular complexity index is 609. The molecule has 0 aromatic heterocycles. The average Bonchev–Trinajstić information content (AvgIpc) is 2.89. The van der Waals surface area contributed by atoms with Crippen LogP contribution in [0.5, 0.6) is 0 Å². The Morgan fingerprint density at radius 1 is 1.30 bits per heavy atom. The van der Waals surface area contributed by atoms with Crippen molar-refractivity contribution >= 4 is 21.4 Å². The van der Waals surface area contributed by atoms with Crippen LogP contribution in [0.25, 0.3) is 0 Å². The summed E-state index contributed by atoms with van der Waals surface area (Å²) in [6.07, 6.45) is 3.71. The van der Waals surface area contributed by atoms with E-state index in [-0.39, 0.29) is 22.3 Å². The van der Waals surface area contributed by atoms with Gasteiger partial charge in [0.25, 0.3) is 5.69 Å². The second kappa shape index (κ2) is 5.76. The van der Waals surface area contributed by atoms with E-state index < -0.39 is 14.9 Å². The fourth-order valence-corrected chi connectivity index (χ4v) is 3.89. The van der Waals surface area contributed by atoms with Crippen molar-refractivity contribution in [2.45, 2.75) is 36.6 Å². The monoisotopic (exact) mass is 299 g/mol. The van der Waals surface area contributed by atoms with Gasteiger partial charge in [0.2, 0.25) is 10.0 Å². The SMILES string of the molecule is CNc1cc([N+](=O)[O-])ccc1S(=O)(=O)NC1CCCC1. The maximum atomic E-state index is 12.3. The van der Waals surface area contributed by atoms with Gasteiger partial charge >= 0.3 is 0 Å². The van der Waals surface area contributed by atoms with E-state index in [2.05, 4.69) is 10.0 Å². The average molecular weight is 299 g/mol. The number of nitro groups is 1. The van der Waals surface area contributed by atoms with Gasteiger partial charge in [-0.1, -0.05) is 12.8 Å². The Labute approximate surface area is 117 Å². The van der Waals surface area contributed by atoms with Crippen LogP contribution in [0.2, 0.25) is 0 Å². The molecule has 0 bridgehead atoms. The van der Waals surface area contributed by atoms with Gasteiger partial charge in [-0.3, -0.25) is 10.1 Å². The van der Waals surface area contributed by atoms with Gasteiger partial charge < -0.3 is 5.32 Å². The molecule has 1 saturated carbocycles. The molecule has 0 radical (unpaired) electrons. The number of sulfonamides is 1. The molecular weight excluding hydrogens is 282 g/mol. The smallest absolute Gasteiger partial charge is 0.271 e. The number of benzene rings is 1. The standard InChI is InChI=1S/C12H17N3O4S/c1-13-11-8-10(15(16)17)6-7-12(11)20(18,19)14-9-4-2-3-5-9/h6-9,13-14H,2-5H2,1H3. The zero-order chi connectivity index (χ0) is 14.8. The van der Waals surface area contributed by atoms with Gasteiger partial charge in [0.1, 0.15) is 4.90 Å². The van der Waals surface area contributed by atoms with Crippen LogP contribution < -0.4 is 10.0 Å². The topological polar surface area (TPSA) is 101 Å². The molecule has 0 aliphatic heterocycles. The van der Waals surface area contributed by atoms with Gasteiger partial charge in [-0.05, 0) is 18.9 Å². The second-order valence-electron chi connectivity index (χ2n) is 4.79. The molecule has 7 nitrogen and oxygen atoms in total. The van der Waals surface area contributed by atoms with Crippen LogP contribution in [-0.2, 0) is 10.0 Å². The van der Waals surface area contributed by atoms with Crippen LogP contribution in [0.3, 0.4) is 0 Å². The molecule has 1 aromatic carbocycles. The number of nitrogens with zero attached hydrogens (tertiary/aromatic N) is 1. The third kappa shape index (κ3) is 3.07. The summed E-state index contributed by atoms with van der Waals surface area (Å²) >= 11 is 0. The van der Waals surface area contributed by atoms with Crippen molar-refractivity contribution in [2.24, 2.45) is 0 Å². The van der Waals surface area contributed by atoms with Crippen molar-refractivity contribution in [3.05, 3.63) is 28.3 Å². The van der Waals surface area contributed by atoms with Crippen LogP contribution in [0.1, 0.15) is 25.7 Å². The lowest BCUT2D eigenvalue weighted by molar-refractivity contribution is -0.384. The first-order chi connectivity index (χ1) is 9.44. The number of rotatable bonds is 5. The van der Waals surface area contributed by atoms with E-state index in [1.165, 1.54) is 25.2 Å². The van der Waals surface area contributed by atoms with E-state index in [4.69, 9.17) is 0 Å². The van der Waals surface area contributed by atoms with Crippen molar-refractivity contribution in [3.63, 3.8) is 0 Å². The zero-order valence-corrected chi connectivity index (χ0v) is 11.9. The summed E-state index contributed by atoms with van der Waals surface area (Å²) < 4.78 is 27.3. The van der Waals surface area contributed by atoms with Gasteiger partial charge in [-0.15, -0.1) is 0 Å². The summed E-state index contributed by atoms with van der Waals surface area (Å²) in [6.45, 7) is 0. The Morgan fingerprint density at radius 2 is 1.95 bits per heavy atom. The Kier molecular flexibility index (Phi) is 4.24. The highest BCUT2D eigenvalue weighted by molar-refractivity contribution is 7.89. The first-order valence-electron chi connectivity index (χ1n) is 6.42. The molecule has 0 heterocycles. The lowest BCUT2D eigenvalue weighted by atomic mass is 10.3. The van der Waals surface area contributed by atoms with Crippen molar-refractivity contribution in [2.75, 3.05) is 12.4 Å². The largest absolute Gasteiger partial charge is 0.387 e. The molecule has 1 aliphatic carbocycles. The van der Waals surface area contributed by atoms with Gasteiger partial charge in [0.05, 0.1) is 10.6 Å². The van der Waals surface area contributed by atoms with E-state index in [9.17, 15) is 18.5 Å². The highest BCUT2D eigenvalue weighted by Crippen LogP contribution is 2.27. The predicted molar refractivity (Wildman–Crippen MR) is 75.2 cm³/mol. The van der Waals surface area contributed by atoms with E-state index in [0.29, 0.717) is 0 Å².